The van der Waals surface area contributed by atoms with Gasteiger partial charge in [0.25, 0.3) is 0 Å². The zero-order valence-electron chi connectivity index (χ0n) is 19.4. The van der Waals surface area contributed by atoms with Gasteiger partial charge in [-0.2, -0.15) is 0 Å². The second-order valence-corrected chi connectivity index (χ2v) is 9.69. The van der Waals surface area contributed by atoms with Crippen molar-refractivity contribution in [2.24, 2.45) is 0 Å². The molecule has 0 atom stereocenters. The van der Waals surface area contributed by atoms with Crippen LogP contribution in [0.15, 0.2) is 46.9 Å². The van der Waals surface area contributed by atoms with Gasteiger partial charge >= 0.3 is 6.09 Å². The van der Waals surface area contributed by atoms with Crippen LogP contribution in [0.3, 0.4) is 0 Å². The molecular formula is C24H29BrClN3O5. The molecule has 0 radical (unpaired) electrons. The number of para-hydroxylation sites is 1. The van der Waals surface area contributed by atoms with Crippen molar-refractivity contribution in [3.63, 3.8) is 0 Å². The second kappa shape index (κ2) is 13.2. The van der Waals surface area contributed by atoms with Crippen molar-refractivity contribution in [2.75, 3.05) is 18.5 Å². The smallest absolute Gasteiger partial charge is 0.408 e. The maximum Gasteiger partial charge on any atom is 0.408 e. The highest BCUT2D eigenvalue weighted by molar-refractivity contribution is 9.10. The summed E-state index contributed by atoms with van der Waals surface area (Å²) in [5, 5.41) is 8.47. The number of nitrogens with one attached hydrogen (secondary N) is 3. The van der Waals surface area contributed by atoms with Gasteiger partial charge in [-0.15, -0.1) is 0 Å². The Morgan fingerprint density at radius 1 is 1.03 bits per heavy atom. The Bertz CT molecular complexity index is 1010. The first kappa shape index (κ1) is 27.5. The summed E-state index contributed by atoms with van der Waals surface area (Å²) < 4.78 is 11.6. The Hall–Kier alpha value is -2.78. The first-order valence-corrected chi connectivity index (χ1v) is 11.9. The summed E-state index contributed by atoms with van der Waals surface area (Å²) in [4.78, 5) is 36.1. The quantitative estimate of drug-likeness (QED) is 0.357. The number of anilines is 1. The number of hydrogen-bond donors (Lipinski definition) is 3. The number of alkyl carbamates (subject to hydrolysis) is 1. The van der Waals surface area contributed by atoms with E-state index in [1.165, 1.54) is 0 Å². The number of rotatable bonds is 10. The maximum atomic E-state index is 12.4. The molecule has 0 saturated heterocycles. The third-order valence-electron chi connectivity index (χ3n) is 4.26. The van der Waals surface area contributed by atoms with Crippen LogP contribution in [0.2, 0.25) is 5.02 Å². The fraction of sp³-hybridized carbons (Fsp3) is 0.375. The molecule has 3 N–H and O–H groups in total. The van der Waals surface area contributed by atoms with Crippen molar-refractivity contribution in [1.82, 2.24) is 10.6 Å². The summed E-state index contributed by atoms with van der Waals surface area (Å²) in [5.74, 6) is 0.0131. The number of halogens is 2. The fourth-order valence-electron chi connectivity index (χ4n) is 2.74. The van der Waals surface area contributed by atoms with Gasteiger partial charge < -0.3 is 25.4 Å². The minimum atomic E-state index is -0.665. The van der Waals surface area contributed by atoms with Gasteiger partial charge in [0.15, 0.2) is 0 Å². The Balaban J connectivity index is 1.75. The monoisotopic (exact) mass is 553 g/mol. The summed E-state index contributed by atoms with van der Waals surface area (Å²) >= 11 is 9.46. The topological polar surface area (TPSA) is 106 Å². The first-order chi connectivity index (χ1) is 16.0. The Morgan fingerprint density at radius 2 is 1.76 bits per heavy atom. The van der Waals surface area contributed by atoms with Gasteiger partial charge in [-0.3, -0.25) is 9.59 Å². The van der Waals surface area contributed by atoms with Gasteiger partial charge in [-0.25, -0.2) is 4.79 Å². The van der Waals surface area contributed by atoms with Crippen LogP contribution in [-0.4, -0.2) is 36.7 Å². The van der Waals surface area contributed by atoms with Crippen LogP contribution in [0, 0.1) is 0 Å². The summed E-state index contributed by atoms with van der Waals surface area (Å²) in [7, 11) is 0. The lowest BCUT2D eigenvalue weighted by Gasteiger charge is -2.19. The Kier molecular flexibility index (Phi) is 10.7. The van der Waals surface area contributed by atoms with Crippen molar-refractivity contribution in [3.05, 3.63) is 57.5 Å². The molecule has 2 aromatic carbocycles. The normalized spacial score (nSPS) is 10.9. The fourth-order valence-corrected chi connectivity index (χ4v) is 3.47. The third-order valence-corrected chi connectivity index (χ3v) is 5.05. The zero-order valence-corrected chi connectivity index (χ0v) is 21.7. The lowest BCUT2D eigenvalue weighted by Crippen LogP contribution is -2.39. The molecule has 10 heteroatoms. The molecule has 0 aliphatic rings. The molecule has 0 heterocycles. The van der Waals surface area contributed by atoms with E-state index in [2.05, 4.69) is 31.9 Å². The highest BCUT2D eigenvalue weighted by Gasteiger charge is 2.16. The minimum Gasteiger partial charge on any atom is -0.492 e. The molecule has 3 amide bonds. The zero-order chi connectivity index (χ0) is 25.1. The molecule has 0 saturated carbocycles. The third kappa shape index (κ3) is 10.4. The van der Waals surface area contributed by atoms with Crippen LogP contribution < -0.4 is 20.7 Å². The average Bonchev–Trinajstić information content (AvgIpc) is 2.74. The van der Waals surface area contributed by atoms with Crippen molar-refractivity contribution in [1.29, 1.82) is 0 Å². The molecule has 0 bridgehead atoms. The van der Waals surface area contributed by atoms with Crippen LogP contribution in [0.5, 0.6) is 5.75 Å². The van der Waals surface area contributed by atoms with E-state index in [-0.39, 0.29) is 31.3 Å². The van der Waals surface area contributed by atoms with E-state index in [0.717, 1.165) is 10.0 Å². The lowest BCUT2D eigenvalue weighted by atomic mass is 10.1. The van der Waals surface area contributed by atoms with E-state index in [4.69, 9.17) is 21.1 Å². The van der Waals surface area contributed by atoms with Gasteiger partial charge in [0.2, 0.25) is 11.8 Å². The molecule has 0 aliphatic heterocycles. The predicted molar refractivity (Wildman–Crippen MR) is 135 cm³/mol. The SMILES string of the molecule is CC(C)(C)OC(=O)NCC(=O)NCc1ccccc1NC(=O)CCCOc1ccc(Br)cc1Cl. The molecule has 2 rings (SSSR count). The highest BCUT2D eigenvalue weighted by Crippen LogP contribution is 2.27. The van der Waals surface area contributed by atoms with E-state index in [9.17, 15) is 14.4 Å². The number of ether oxygens (including phenoxy) is 2. The van der Waals surface area contributed by atoms with Crippen molar-refractivity contribution < 1.29 is 23.9 Å². The van der Waals surface area contributed by atoms with E-state index in [1.807, 2.05) is 12.1 Å². The number of carbonyl (C=O) groups excluding carboxylic acids is 3. The maximum absolute atomic E-state index is 12.4. The molecule has 34 heavy (non-hydrogen) atoms. The molecule has 2 aromatic rings. The van der Waals surface area contributed by atoms with E-state index < -0.39 is 11.7 Å². The minimum absolute atomic E-state index is 0.170. The molecule has 184 valence electrons. The van der Waals surface area contributed by atoms with Crippen LogP contribution in [0.4, 0.5) is 10.5 Å². The first-order valence-electron chi connectivity index (χ1n) is 10.7. The number of benzene rings is 2. The van der Waals surface area contributed by atoms with Crippen molar-refractivity contribution >= 4 is 51.1 Å². The Morgan fingerprint density at radius 3 is 2.47 bits per heavy atom. The second-order valence-electron chi connectivity index (χ2n) is 8.36. The van der Waals surface area contributed by atoms with E-state index >= 15 is 0 Å². The van der Waals surface area contributed by atoms with Crippen LogP contribution >= 0.6 is 27.5 Å². The number of carbonyl (C=O) groups is 3. The summed E-state index contributed by atoms with van der Waals surface area (Å²) in [5.41, 5.74) is 0.694. The average molecular weight is 555 g/mol. The molecule has 0 fully saturated rings. The van der Waals surface area contributed by atoms with E-state index in [0.29, 0.717) is 29.5 Å². The van der Waals surface area contributed by atoms with Crippen LogP contribution in [-0.2, 0) is 20.9 Å². The molecule has 0 spiro atoms. The number of amides is 3. The van der Waals surface area contributed by atoms with Gasteiger partial charge in [-0.05, 0) is 57.0 Å². The Labute approximate surface area is 212 Å². The standard InChI is InChI=1S/C24H29BrClN3O5/c1-24(2,3)34-23(32)28-15-22(31)27-14-16-7-4-5-8-19(16)29-21(30)9-6-12-33-20-11-10-17(25)13-18(20)26/h4-5,7-8,10-11,13H,6,9,12,14-15H2,1-3H3,(H,27,31)(H,28,32)(H,29,30). The van der Waals surface area contributed by atoms with Gasteiger partial charge in [-0.1, -0.05) is 45.7 Å². The van der Waals surface area contributed by atoms with Crippen molar-refractivity contribution in [2.45, 2.75) is 45.8 Å². The van der Waals surface area contributed by atoms with Gasteiger partial charge in [0.05, 0.1) is 11.6 Å². The highest BCUT2D eigenvalue weighted by atomic mass is 79.9. The largest absolute Gasteiger partial charge is 0.492 e. The van der Waals surface area contributed by atoms with Crippen LogP contribution in [0.1, 0.15) is 39.2 Å². The van der Waals surface area contributed by atoms with Crippen LogP contribution in [0.25, 0.3) is 0 Å². The molecule has 0 aromatic heterocycles. The summed E-state index contributed by atoms with van der Waals surface area (Å²) in [6.07, 6.45) is 0.101. The summed E-state index contributed by atoms with van der Waals surface area (Å²) in [6.45, 7) is 5.54. The predicted octanol–water partition coefficient (Wildman–Crippen LogP) is 5.04. The lowest BCUT2D eigenvalue weighted by molar-refractivity contribution is -0.120. The van der Waals surface area contributed by atoms with Gasteiger partial charge in [0.1, 0.15) is 17.9 Å². The number of hydrogen-bond acceptors (Lipinski definition) is 5. The van der Waals surface area contributed by atoms with Crippen molar-refractivity contribution in [3.8, 4) is 5.75 Å². The van der Waals surface area contributed by atoms with Gasteiger partial charge in [0, 0.05) is 23.1 Å². The molecule has 8 nitrogen and oxygen atoms in total. The molecule has 0 aliphatic carbocycles. The molecular weight excluding hydrogens is 526 g/mol. The molecule has 0 unspecified atom stereocenters. The summed E-state index contributed by atoms with van der Waals surface area (Å²) in [6, 6.07) is 12.5. The van der Waals surface area contributed by atoms with E-state index in [1.54, 1.807) is 51.1 Å².